The molecule has 0 aliphatic carbocycles. The minimum Gasteiger partial charge on any atom is -0.506 e. The maximum atomic E-state index is 12.7. The van der Waals surface area contributed by atoms with Gasteiger partial charge in [0.1, 0.15) is 16.5 Å². The summed E-state index contributed by atoms with van der Waals surface area (Å²) in [7, 11) is 0. The summed E-state index contributed by atoms with van der Waals surface area (Å²) >= 11 is 23.9. The molecule has 3 rings (SSSR count). The highest BCUT2D eigenvalue weighted by Crippen LogP contribution is 2.38. The molecular formula is C16H8Cl4N2O3. The first-order valence-electron chi connectivity index (χ1n) is 6.79. The van der Waals surface area contributed by atoms with Crippen LogP contribution in [0.4, 0.5) is 11.4 Å². The summed E-state index contributed by atoms with van der Waals surface area (Å²) in [6, 6.07) is 8.74. The molecule has 0 radical (unpaired) electrons. The van der Waals surface area contributed by atoms with Crippen LogP contribution in [-0.4, -0.2) is 16.9 Å². The molecule has 9 heteroatoms. The zero-order chi connectivity index (χ0) is 18.3. The Balaban J connectivity index is 2.00. The second-order valence-corrected chi connectivity index (χ2v) is 6.59. The number of imide groups is 1. The number of hydrogen-bond donors (Lipinski definition) is 2. The summed E-state index contributed by atoms with van der Waals surface area (Å²) in [5.41, 5.74) is 0.0237. The zero-order valence-corrected chi connectivity index (χ0v) is 15.2. The third-order valence-corrected chi connectivity index (χ3v) is 4.81. The van der Waals surface area contributed by atoms with Gasteiger partial charge in [0.15, 0.2) is 0 Å². The van der Waals surface area contributed by atoms with Gasteiger partial charge in [-0.05, 0) is 30.3 Å². The molecule has 2 amide bonds. The van der Waals surface area contributed by atoms with E-state index in [-0.39, 0.29) is 37.9 Å². The maximum absolute atomic E-state index is 12.7. The van der Waals surface area contributed by atoms with Crippen molar-refractivity contribution in [1.82, 2.24) is 0 Å². The molecule has 0 atom stereocenters. The van der Waals surface area contributed by atoms with E-state index < -0.39 is 11.8 Å². The van der Waals surface area contributed by atoms with E-state index in [4.69, 9.17) is 46.4 Å². The van der Waals surface area contributed by atoms with Gasteiger partial charge in [0, 0.05) is 5.02 Å². The Labute approximate surface area is 162 Å². The van der Waals surface area contributed by atoms with Crippen molar-refractivity contribution in [3.63, 3.8) is 0 Å². The average Bonchev–Trinajstić information content (AvgIpc) is 2.77. The first kappa shape index (κ1) is 17.9. The first-order chi connectivity index (χ1) is 11.8. The molecule has 2 aromatic rings. The Morgan fingerprint density at radius 1 is 0.960 bits per heavy atom. The Hall–Kier alpha value is -1.92. The predicted molar refractivity (Wildman–Crippen MR) is 98.6 cm³/mol. The van der Waals surface area contributed by atoms with Gasteiger partial charge in [0.25, 0.3) is 11.8 Å². The van der Waals surface area contributed by atoms with Gasteiger partial charge in [-0.2, -0.15) is 0 Å². The second kappa shape index (κ2) is 6.77. The van der Waals surface area contributed by atoms with E-state index in [1.54, 1.807) is 6.07 Å². The Bertz CT molecular complexity index is 943. The molecule has 0 saturated heterocycles. The van der Waals surface area contributed by atoms with Crippen LogP contribution in [0.25, 0.3) is 0 Å². The minimum atomic E-state index is -0.764. The fourth-order valence-corrected chi connectivity index (χ4v) is 3.00. The number of amides is 2. The quantitative estimate of drug-likeness (QED) is 0.556. The SMILES string of the molecule is O=C1C(Cl)=C(Nc2cc(Cl)ccc2O)C(=O)N1c1cccc(Cl)c1Cl. The molecule has 1 heterocycles. The highest BCUT2D eigenvalue weighted by molar-refractivity contribution is 6.54. The van der Waals surface area contributed by atoms with Gasteiger partial charge in [-0.15, -0.1) is 0 Å². The van der Waals surface area contributed by atoms with Crippen molar-refractivity contribution in [2.45, 2.75) is 0 Å². The van der Waals surface area contributed by atoms with Crippen molar-refractivity contribution in [1.29, 1.82) is 0 Å². The van der Waals surface area contributed by atoms with Crippen LogP contribution in [0.1, 0.15) is 0 Å². The summed E-state index contributed by atoms with van der Waals surface area (Å²) < 4.78 is 0. The van der Waals surface area contributed by atoms with Gasteiger partial charge in [-0.1, -0.05) is 52.5 Å². The lowest BCUT2D eigenvalue weighted by atomic mass is 10.2. The Kier molecular flexibility index (Phi) is 4.84. The number of carbonyl (C=O) groups is 2. The number of nitrogens with one attached hydrogen (secondary N) is 1. The number of benzene rings is 2. The summed E-state index contributed by atoms with van der Waals surface area (Å²) in [6.07, 6.45) is 0. The van der Waals surface area contributed by atoms with Crippen LogP contribution >= 0.6 is 46.4 Å². The molecule has 2 N–H and O–H groups in total. The van der Waals surface area contributed by atoms with Gasteiger partial charge in [0.2, 0.25) is 0 Å². The summed E-state index contributed by atoms with van der Waals surface area (Å²) in [5.74, 6) is -1.67. The van der Waals surface area contributed by atoms with Gasteiger partial charge >= 0.3 is 0 Å². The van der Waals surface area contributed by atoms with Crippen molar-refractivity contribution >= 4 is 69.6 Å². The van der Waals surface area contributed by atoms with Crippen molar-refractivity contribution < 1.29 is 14.7 Å². The van der Waals surface area contributed by atoms with Crippen LogP contribution in [0.5, 0.6) is 5.75 Å². The summed E-state index contributed by atoms with van der Waals surface area (Å²) in [6.45, 7) is 0. The van der Waals surface area contributed by atoms with Gasteiger partial charge in [-0.3, -0.25) is 9.59 Å². The number of rotatable bonds is 3. The van der Waals surface area contributed by atoms with Crippen LogP contribution in [0.2, 0.25) is 15.1 Å². The number of carbonyl (C=O) groups excluding carboxylic acids is 2. The van der Waals surface area contributed by atoms with Crippen LogP contribution in [0.3, 0.4) is 0 Å². The lowest BCUT2D eigenvalue weighted by molar-refractivity contribution is -0.120. The normalized spacial score (nSPS) is 14.5. The monoisotopic (exact) mass is 416 g/mol. The number of hydrogen-bond acceptors (Lipinski definition) is 4. The highest BCUT2D eigenvalue weighted by atomic mass is 35.5. The third-order valence-electron chi connectivity index (χ3n) is 3.42. The molecule has 0 aromatic heterocycles. The van der Waals surface area contributed by atoms with E-state index in [9.17, 15) is 14.7 Å². The van der Waals surface area contributed by atoms with Crippen molar-refractivity contribution in [2.24, 2.45) is 0 Å². The lowest BCUT2D eigenvalue weighted by Gasteiger charge is -2.17. The largest absolute Gasteiger partial charge is 0.506 e. The van der Waals surface area contributed by atoms with Crippen molar-refractivity contribution in [2.75, 3.05) is 10.2 Å². The van der Waals surface area contributed by atoms with E-state index >= 15 is 0 Å². The van der Waals surface area contributed by atoms with E-state index in [0.29, 0.717) is 5.02 Å². The summed E-state index contributed by atoms with van der Waals surface area (Å²) in [4.78, 5) is 25.9. The zero-order valence-electron chi connectivity index (χ0n) is 12.2. The number of aromatic hydroxyl groups is 1. The average molecular weight is 418 g/mol. The smallest absolute Gasteiger partial charge is 0.283 e. The minimum absolute atomic E-state index is 0.0437. The number of phenolic OH excluding ortho intramolecular Hbond substituents is 1. The number of nitrogens with zero attached hydrogens (tertiary/aromatic N) is 1. The molecular weight excluding hydrogens is 410 g/mol. The molecule has 0 unspecified atom stereocenters. The molecule has 1 aliphatic heterocycles. The molecule has 25 heavy (non-hydrogen) atoms. The first-order valence-corrected chi connectivity index (χ1v) is 8.30. The van der Waals surface area contributed by atoms with Crippen LogP contribution in [-0.2, 0) is 9.59 Å². The molecule has 128 valence electrons. The van der Waals surface area contributed by atoms with Gasteiger partial charge in [-0.25, -0.2) is 4.90 Å². The molecule has 2 aromatic carbocycles. The van der Waals surface area contributed by atoms with Crippen LogP contribution in [0, 0.1) is 0 Å². The second-order valence-electron chi connectivity index (χ2n) is 4.99. The lowest BCUT2D eigenvalue weighted by Crippen LogP contribution is -2.32. The van der Waals surface area contributed by atoms with E-state index in [2.05, 4.69) is 5.32 Å². The van der Waals surface area contributed by atoms with E-state index in [0.717, 1.165) is 4.90 Å². The van der Waals surface area contributed by atoms with Gasteiger partial charge in [0.05, 0.1) is 21.4 Å². The fraction of sp³-hybridized carbons (Fsp3) is 0. The highest BCUT2D eigenvalue weighted by Gasteiger charge is 2.40. The van der Waals surface area contributed by atoms with Crippen molar-refractivity contribution in [3.8, 4) is 5.75 Å². The Morgan fingerprint density at radius 3 is 2.40 bits per heavy atom. The standard InChI is InChI=1S/C16H8Cl4N2O3/c17-7-4-5-11(23)9(6-7)21-14-13(20)15(24)22(16(14)25)10-3-1-2-8(18)12(10)19/h1-6,21,23H. The van der Waals surface area contributed by atoms with E-state index in [1.165, 1.54) is 30.3 Å². The summed E-state index contributed by atoms with van der Waals surface area (Å²) in [5, 5.41) is 12.7. The third kappa shape index (κ3) is 3.16. The Morgan fingerprint density at radius 2 is 1.68 bits per heavy atom. The van der Waals surface area contributed by atoms with Crippen molar-refractivity contribution in [3.05, 3.63) is 62.2 Å². The van der Waals surface area contributed by atoms with Crippen LogP contribution in [0.15, 0.2) is 47.1 Å². The van der Waals surface area contributed by atoms with E-state index in [1.807, 2.05) is 0 Å². The predicted octanol–water partition coefficient (Wildman–Crippen LogP) is 4.79. The molecule has 0 fully saturated rings. The molecule has 5 nitrogen and oxygen atoms in total. The molecule has 0 spiro atoms. The molecule has 1 aliphatic rings. The molecule has 0 saturated carbocycles. The number of phenols is 1. The maximum Gasteiger partial charge on any atom is 0.283 e. The number of anilines is 2. The number of halogens is 4. The van der Waals surface area contributed by atoms with Crippen LogP contribution < -0.4 is 10.2 Å². The fourth-order valence-electron chi connectivity index (χ4n) is 2.24. The van der Waals surface area contributed by atoms with Gasteiger partial charge < -0.3 is 10.4 Å². The topological polar surface area (TPSA) is 69.6 Å². The molecule has 0 bridgehead atoms.